The summed E-state index contributed by atoms with van der Waals surface area (Å²) in [5.41, 5.74) is 9.22. The van der Waals surface area contributed by atoms with Crippen molar-refractivity contribution in [1.29, 1.82) is 0 Å². The van der Waals surface area contributed by atoms with Crippen molar-refractivity contribution in [3.63, 3.8) is 0 Å². The van der Waals surface area contributed by atoms with Gasteiger partial charge in [-0.1, -0.05) is 48.7 Å². The van der Waals surface area contributed by atoms with Crippen LogP contribution in [0.2, 0.25) is 5.02 Å². The molecule has 5 heteroatoms. The number of aliphatic imine (C=N–C) groups is 1. The van der Waals surface area contributed by atoms with Crippen molar-refractivity contribution in [3.05, 3.63) is 59.1 Å². The third-order valence-corrected chi connectivity index (χ3v) is 5.24. The SMILES string of the molecule is NC1(Cc2ccc(Cl)cc2)Nc2ccccc2NC1=NC1CCCC1. The second kappa shape index (κ2) is 6.70. The van der Waals surface area contributed by atoms with Crippen molar-refractivity contribution >= 4 is 28.8 Å². The molecule has 1 saturated carbocycles. The molecule has 0 amide bonds. The highest BCUT2D eigenvalue weighted by Crippen LogP contribution is 2.32. The van der Waals surface area contributed by atoms with Gasteiger partial charge in [-0.25, -0.2) is 0 Å². The summed E-state index contributed by atoms with van der Waals surface area (Å²) in [6.07, 6.45) is 5.42. The van der Waals surface area contributed by atoms with Crippen molar-refractivity contribution in [2.24, 2.45) is 10.7 Å². The Labute approximate surface area is 153 Å². The van der Waals surface area contributed by atoms with Crippen LogP contribution in [0.3, 0.4) is 0 Å². The van der Waals surface area contributed by atoms with E-state index in [2.05, 4.69) is 10.6 Å². The van der Waals surface area contributed by atoms with Gasteiger partial charge < -0.3 is 16.4 Å². The zero-order valence-electron chi connectivity index (χ0n) is 14.1. The molecule has 2 aliphatic rings. The lowest BCUT2D eigenvalue weighted by Crippen LogP contribution is -2.61. The molecule has 1 unspecified atom stereocenters. The number of hydrogen-bond donors (Lipinski definition) is 3. The third-order valence-electron chi connectivity index (χ3n) is 4.99. The number of benzene rings is 2. The first-order valence-corrected chi connectivity index (χ1v) is 9.26. The van der Waals surface area contributed by atoms with Crippen LogP contribution in [0.15, 0.2) is 53.5 Å². The summed E-state index contributed by atoms with van der Waals surface area (Å²) >= 11 is 6.02. The molecule has 25 heavy (non-hydrogen) atoms. The van der Waals surface area contributed by atoms with Gasteiger partial charge in [-0.15, -0.1) is 0 Å². The number of para-hydroxylation sites is 2. The van der Waals surface area contributed by atoms with E-state index in [-0.39, 0.29) is 0 Å². The number of rotatable bonds is 3. The van der Waals surface area contributed by atoms with Gasteiger partial charge in [0.2, 0.25) is 0 Å². The Morgan fingerprint density at radius 3 is 2.44 bits per heavy atom. The molecule has 2 aromatic carbocycles. The van der Waals surface area contributed by atoms with Crippen LogP contribution < -0.4 is 16.4 Å². The Balaban J connectivity index is 1.69. The van der Waals surface area contributed by atoms with Crippen molar-refractivity contribution in [1.82, 2.24) is 0 Å². The fourth-order valence-electron chi connectivity index (χ4n) is 3.66. The highest BCUT2D eigenvalue weighted by atomic mass is 35.5. The van der Waals surface area contributed by atoms with Crippen LogP contribution in [0.4, 0.5) is 11.4 Å². The molecular weight excluding hydrogens is 332 g/mol. The Kier molecular flexibility index (Phi) is 4.40. The average molecular weight is 355 g/mol. The Bertz CT molecular complexity index is 781. The van der Waals surface area contributed by atoms with Gasteiger partial charge in [0.25, 0.3) is 0 Å². The predicted octanol–water partition coefficient (Wildman–Crippen LogP) is 4.42. The molecule has 4 nitrogen and oxygen atoms in total. The normalized spacial score (nSPS) is 24.6. The van der Waals surface area contributed by atoms with Crippen LogP contribution in [0.25, 0.3) is 0 Å². The number of amidine groups is 1. The first-order valence-electron chi connectivity index (χ1n) is 8.88. The molecule has 0 aromatic heterocycles. The first kappa shape index (κ1) is 16.4. The van der Waals surface area contributed by atoms with Crippen LogP contribution in [-0.4, -0.2) is 17.5 Å². The minimum Gasteiger partial charge on any atom is -0.359 e. The van der Waals surface area contributed by atoms with Crippen LogP contribution in [-0.2, 0) is 6.42 Å². The number of anilines is 2. The molecule has 0 spiro atoms. The lowest BCUT2D eigenvalue weighted by molar-refractivity contribution is 0.612. The maximum Gasteiger partial charge on any atom is 0.149 e. The molecule has 4 N–H and O–H groups in total. The van der Waals surface area contributed by atoms with E-state index in [0.717, 1.165) is 40.6 Å². The molecule has 1 fully saturated rings. The van der Waals surface area contributed by atoms with Crippen molar-refractivity contribution in [2.45, 2.75) is 43.8 Å². The van der Waals surface area contributed by atoms with E-state index in [9.17, 15) is 0 Å². The van der Waals surface area contributed by atoms with Crippen molar-refractivity contribution < 1.29 is 0 Å². The van der Waals surface area contributed by atoms with Gasteiger partial charge in [0, 0.05) is 11.4 Å². The molecule has 0 bridgehead atoms. The predicted molar refractivity (Wildman–Crippen MR) is 105 cm³/mol. The number of fused-ring (bicyclic) bond motifs is 1. The first-order chi connectivity index (χ1) is 12.1. The average Bonchev–Trinajstić information content (AvgIpc) is 3.11. The fraction of sp³-hybridized carbons (Fsp3) is 0.350. The maximum atomic E-state index is 6.83. The number of hydrogen-bond acceptors (Lipinski definition) is 3. The third kappa shape index (κ3) is 3.51. The lowest BCUT2D eigenvalue weighted by atomic mass is 9.95. The summed E-state index contributed by atoms with van der Waals surface area (Å²) in [4.78, 5) is 4.99. The summed E-state index contributed by atoms with van der Waals surface area (Å²) in [5, 5.41) is 7.73. The summed E-state index contributed by atoms with van der Waals surface area (Å²) < 4.78 is 0. The second-order valence-corrected chi connectivity index (χ2v) is 7.42. The van der Waals surface area contributed by atoms with E-state index in [4.69, 9.17) is 22.3 Å². The van der Waals surface area contributed by atoms with Gasteiger partial charge in [0.15, 0.2) is 0 Å². The van der Waals surface area contributed by atoms with Crippen molar-refractivity contribution in [2.75, 3.05) is 10.6 Å². The molecular formula is C20H23ClN4. The van der Waals surface area contributed by atoms with Gasteiger partial charge >= 0.3 is 0 Å². The molecule has 4 rings (SSSR count). The van der Waals surface area contributed by atoms with Gasteiger partial charge in [0.1, 0.15) is 11.5 Å². The van der Waals surface area contributed by atoms with Gasteiger partial charge in [-0.2, -0.15) is 0 Å². The quantitative estimate of drug-likeness (QED) is 0.764. The summed E-state index contributed by atoms with van der Waals surface area (Å²) in [5.74, 6) is 0.827. The van der Waals surface area contributed by atoms with E-state index in [1.54, 1.807) is 0 Å². The minimum atomic E-state index is -0.759. The summed E-state index contributed by atoms with van der Waals surface area (Å²) in [6, 6.07) is 16.3. The summed E-state index contributed by atoms with van der Waals surface area (Å²) in [7, 11) is 0. The Hall–Kier alpha value is -2.04. The molecule has 1 aliphatic heterocycles. The standard InChI is InChI=1S/C20H23ClN4/c21-15-11-9-14(10-12-15)13-20(22)19(23-16-5-1-2-6-16)24-17-7-3-4-8-18(17)25-20/h3-4,7-12,16,25H,1-2,5-6,13,22H2,(H,23,24). The van der Waals surface area contributed by atoms with E-state index in [0.29, 0.717) is 12.5 Å². The van der Waals surface area contributed by atoms with Gasteiger partial charge in [0.05, 0.1) is 17.4 Å². The van der Waals surface area contributed by atoms with Crippen LogP contribution in [0.5, 0.6) is 0 Å². The Morgan fingerprint density at radius 2 is 1.72 bits per heavy atom. The smallest absolute Gasteiger partial charge is 0.149 e. The minimum absolute atomic E-state index is 0.364. The number of nitrogens with zero attached hydrogens (tertiary/aromatic N) is 1. The molecule has 1 heterocycles. The number of halogens is 1. The number of nitrogens with one attached hydrogen (secondary N) is 2. The molecule has 0 radical (unpaired) electrons. The van der Waals surface area contributed by atoms with Crippen molar-refractivity contribution in [3.8, 4) is 0 Å². The number of nitrogens with two attached hydrogens (primary N) is 1. The van der Waals surface area contributed by atoms with Crippen LogP contribution in [0, 0.1) is 0 Å². The Morgan fingerprint density at radius 1 is 1.04 bits per heavy atom. The highest BCUT2D eigenvalue weighted by molar-refractivity contribution is 6.30. The molecule has 2 aromatic rings. The second-order valence-electron chi connectivity index (χ2n) is 6.99. The van der Waals surface area contributed by atoms with Crippen LogP contribution in [0.1, 0.15) is 31.2 Å². The molecule has 0 saturated heterocycles. The van der Waals surface area contributed by atoms with Gasteiger partial charge in [-0.05, 0) is 42.7 Å². The molecule has 1 aliphatic carbocycles. The zero-order chi connectivity index (χ0) is 17.3. The topological polar surface area (TPSA) is 62.4 Å². The van der Waals surface area contributed by atoms with E-state index in [1.165, 1.54) is 12.8 Å². The maximum absolute atomic E-state index is 6.83. The molecule has 130 valence electrons. The zero-order valence-corrected chi connectivity index (χ0v) is 14.9. The fourth-order valence-corrected chi connectivity index (χ4v) is 3.78. The lowest BCUT2D eigenvalue weighted by Gasteiger charge is -2.39. The largest absolute Gasteiger partial charge is 0.359 e. The van der Waals surface area contributed by atoms with E-state index >= 15 is 0 Å². The van der Waals surface area contributed by atoms with E-state index in [1.807, 2.05) is 48.5 Å². The van der Waals surface area contributed by atoms with E-state index < -0.39 is 5.66 Å². The van der Waals surface area contributed by atoms with Gasteiger partial charge in [-0.3, -0.25) is 4.99 Å². The summed E-state index contributed by atoms with van der Waals surface area (Å²) in [6.45, 7) is 0. The highest BCUT2D eigenvalue weighted by Gasteiger charge is 2.37. The molecule has 1 atom stereocenters. The van der Waals surface area contributed by atoms with Crippen LogP contribution >= 0.6 is 11.6 Å². The monoisotopic (exact) mass is 354 g/mol.